The van der Waals surface area contributed by atoms with Crippen LogP contribution in [0.3, 0.4) is 0 Å². The molecule has 3 heterocycles. The van der Waals surface area contributed by atoms with E-state index in [0.29, 0.717) is 24.6 Å². The molecule has 4 atom stereocenters. The van der Waals surface area contributed by atoms with Crippen LogP contribution in [0.1, 0.15) is 70.9 Å². The van der Waals surface area contributed by atoms with E-state index in [2.05, 4.69) is 60.4 Å². The number of carbonyl (C=O) groups excluding carboxylic acids is 1. The van der Waals surface area contributed by atoms with E-state index in [1.54, 1.807) is 0 Å². The van der Waals surface area contributed by atoms with Gasteiger partial charge in [0.1, 0.15) is 17.5 Å². The highest BCUT2D eigenvalue weighted by Gasteiger charge is 2.49. The lowest BCUT2D eigenvalue weighted by Gasteiger charge is -2.38. The molecule has 0 radical (unpaired) electrons. The summed E-state index contributed by atoms with van der Waals surface area (Å²) in [6.07, 6.45) is 0.544. The van der Waals surface area contributed by atoms with Crippen molar-refractivity contribution in [3.63, 3.8) is 0 Å². The van der Waals surface area contributed by atoms with Gasteiger partial charge in [-0.15, -0.1) is 0 Å². The summed E-state index contributed by atoms with van der Waals surface area (Å²) < 4.78 is 13.4. The number of nitrogens with zero attached hydrogens (tertiary/aromatic N) is 3. The van der Waals surface area contributed by atoms with Crippen LogP contribution in [0.2, 0.25) is 18.1 Å². The Bertz CT molecular complexity index is 1190. The molecule has 0 saturated carbocycles. The number of hydrogen-bond acceptors (Lipinski definition) is 7. The van der Waals surface area contributed by atoms with Crippen LogP contribution >= 0.6 is 15.9 Å². The number of halogens is 1. The lowest BCUT2D eigenvalue weighted by Crippen LogP contribution is -2.47. The molecule has 1 amide bonds. The number of aryl methyl sites for hydroxylation is 1. The summed E-state index contributed by atoms with van der Waals surface area (Å²) >= 11 is 3.49. The van der Waals surface area contributed by atoms with Crippen molar-refractivity contribution in [1.29, 1.82) is 0 Å². The highest BCUT2D eigenvalue weighted by atomic mass is 79.9. The van der Waals surface area contributed by atoms with E-state index < -0.39 is 20.0 Å². The zero-order valence-corrected chi connectivity index (χ0v) is 26.5. The smallest absolute Gasteiger partial charge is 0.234 e. The number of rotatable bonds is 7. The van der Waals surface area contributed by atoms with Gasteiger partial charge in [0.15, 0.2) is 8.32 Å². The van der Waals surface area contributed by atoms with Gasteiger partial charge in [0.25, 0.3) is 0 Å². The summed E-state index contributed by atoms with van der Waals surface area (Å²) in [7, 11) is -2.06. The summed E-state index contributed by atoms with van der Waals surface area (Å²) in [4.78, 5) is 27.1. The van der Waals surface area contributed by atoms with Gasteiger partial charge in [-0.3, -0.25) is 4.79 Å². The van der Waals surface area contributed by atoms with Crippen molar-refractivity contribution in [3.05, 3.63) is 51.8 Å². The lowest BCUT2D eigenvalue weighted by atomic mass is 9.91. The Hall–Kier alpha value is -2.01. The second-order valence-corrected chi connectivity index (χ2v) is 18.2. The molecule has 4 rings (SSSR count). The SMILES string of the molecule is Cc1cc(C(C(=O)N2C[C@H](O[Si](C)(C)C(C)(C)C)C[C@H]2C2=NC(C)(c3ccc(Br)cc3)ON2)C(C)C)on1. The quantitative estimate of drug-likeness (QED) is 0.374. The number of hydroxylamine groups is 1. The minimum atomic E-state index is -2.06. The first kappa shape index (κ1) is 29.0. The van der Waals surface area contributed by atoms with Gasteiger partial charge >= 0.3 is 0 Å². The fraction of sp³-hybridized carbons (Fsp3) is 0.607. The van der Waals surface area contributed by atoms with E-state index in [1.807, 2.05) is 62.9 Å². The van der Waals surface area contributed by atoms with Crippen LogP contribution in [-0.2, 0) is 19.8 Å². The molecule has 2 aliphatic rings. The van der Waals surface area contributed by atoms with Crippen molar-refractivity contribution in [1.82, 2.24) is 15.5 Å². The van der Waals surface area contributed by atoms with Crippen LogP contribution < -0.4 is 5.48 Å². The fourth-order valence-electron chi connectivity index (χ4n) is 4.88. The number of aliphatic imine (C=N–C) groups is 1. The molecule has 0 spiro atoms. The molecule has 2 aromatic rings. The maximum Gasteiger partial charge on any atom is 0.234 e. The molecule has 38 heavy (non-hydrogen) atoms. The van der Waals surface area contributed by atoms with Crippen LogP contribution in [0.5, 0.6) is 0 Å². The lowest BCUT2D eigenvalue weighted by molar-refractivity contribution is -0.134. The number of nitrogens with one attached hydrogen (secondary N) is 1. The molecule has 0 bridgehead atoms. The highest BCUT2D eigenvalue weighted by Crippen LogP contribution is 2.41. The Morgan fingerprint density at radius 2 is 1.92 bits per heavy atom. The van der Waals surface area contributed by atoms with Gasteiger partial charge in [-0.05, 0) is 50.0 Å². The Morgan fingerprint density at radius 3 is 2.47 bits per heavy atom. The predicted octanol–water partition coefficient (Wildman–Crippen LogP) is 6.28. The van der Waals surface area contributed by atoms with Gasteiger partial charge < -0.3 is 13.8 Å². The van der Waals surface area contributed by atoms with Gasteiger partial charge in [0.05, 0.1) is 17.8 Å². The molecule has 10 heteroatoms. The standard InChI is InChI=1S/C28H41BrN4O4Si/c1-17(2)24(23-14-18(3)31-35-23)26(34)33-16-21(36-38(8,9)27(4,5)6)15-22(33)25-30-28(7,37-32-25)19-10-12-20(29)13-11-19/h10-14,17,21-22,24H,15-16H2,1-9H3,(H,30,32)/t21-,22+,24?,28?/m1/s1. The maximum atomic E-state index is 14.2. The number of aromatic nitrogens is 1. The molecular formula is C28H41BrN4O4Si. The summed E-state index contributed by atoms with van der Waals surface area (Å²) in [6.45, 7) is 19.5. The summed E-state index contributed by atoms with van der Waals surface area (Å²) in [5.41, 5.74) is 3.86. The molecule has 1 saturated heterocycles. The van der Waals surface area contributed by atoms with Crippen LogP contribution in [-0.4, -0.2) is 48.8 Å². The van der Waals surface area contributed by atoms with Crippen molar-refractivity contribution >= 4 is 36.0 Å². The maximum absolute atomic E-state index is 14.2. The Labute approximate surface area is 235 Å². The van der Waals surface area contributed by atoms with Crippen LogP contribution in [0.25, 0.3) is 0 Å². The van der Waals surface area contributed by atoms with Crippen LogP contribution in [0, 0.1) is 12.8 Å². The highest BCUT2D eigenvalue weighted by molar-refractivity contribution is 9.10. The number of hydrogen-bond donors (Lipinski definition) is 1. The molecule has 2 aliphatic heterocycles. The molecule has 8 nitrogen and oxygen atoms in total. The Kier molecular flexibility index (Phi) is 8.02. The van der Waals surface area contributed by atoms with E-state index in [4.69, 9.17) is 18.8 Å². The Morgan fingerprint density at radius 1 is 1.26 bits per heavy atom. The minimum absolute atomic E-state index is 0.00998. The second-order valence-electron chi connectivity index (χ2n) is 12.5. The molecule has 1 aromatic heterocycles. The molecular weight excluding hydrogens is 564 g/mol. The number of amides is 1. The van der Waals surface area contributed by atoms with Crippen molar-refractivity contribution < 1.29 is 18.6 Å². The largest absolute Gasteiger partial charge is 0.412 e. The number of benzene rings is 1. The molecule has 208 valence electrons. The van der Waals surface area contributed by atoms with Gasteiger partial charge in [0.2, 0.25) is 11.6 Å². The third kappa shape index (κ3) is 5.78. The van der Waals surface area contributed by atoms with E-state index in [-0.39, 0.29) is 29.0 Å². The first-order valence-electron chi connectivity index (χ1n) is 13.3. The third-order valence-corrected chi connectivity index (χ3v) is 13.1. The van der Waals surface area contributed by atoms with Crippen molar-refractivity contribution in [2.75, 3.05) is 6.54 Å². The normalized spacial score (nSPS) is 25.0. The van der Waals surface area contributed by atoms with Crippen LogP contribution in [0.15, 0.2) is 44.3 Å². The first-order valence-corrected chi connectivity index (χ1v) is 17.0. The fourth-order valence-corrected chi connectivity index (χ4v) is 6.50. The van der Waals surface area contributed by atoms with E-state index >= 15 is 0 Å². The van der Waals surface area contributed by atoms with E-state index in [1.165, 1.54) is 0 Å². The summed E-state index contributed by atoms with van der Waals surface area (Å²) in [5, 5.41) is 4.11. The van der Waals surface area contributed by atoms with Gasteiger partial charge in [0, 0.05) is 29.1 Å². The topological polar surface area (TPSA) is 89.2 Å². The van der Waals surface area contributed by atoms with Crippen molar-refractivity contribution in [3.8, 4) is 0 Å². The predicted molar refractivity (Wildman–Crippen MR) is 154 cm³/mol. The zero-order valence-electron chi connectivity index (χ0n) is 24.0. The zero-order chi connectivity index (χ0) is 28.0. The average Bonchev–Trinajstić information content (AvgIpc) is 3.52. The third-order valence-electron chi connectivity index (χ3n) is 8.08. The van der Waals surface area contributed by atoms with Crippen LogP contribution in [0.4, 0.5) is 0 Å². The Balaban J connectivity index is 1.68. The summed E-state index contributed by atoms with van der Waals surface area (Å²) in [6, 6.07) is 9.47. The number of likely N-dealkylation sites (tertiary alicyclic amines) is 1. The summed E-state index contributed by atoms with van der Waals surface area (Å²) in [5.74, 6) is 0.794. The molecule has 0 aliphatic carbocycles. The van der Waals surface area contributed by atoms with Gasteiger partial charge in [-0.1, -0.05) is 67.8 Å². The molecule has 1 aromatic carbocycles. The second kappa shape index (κ2) is 10.5. The van der Waals surface area contributed by atoms with Crippen molar-refractivity contribution in [2.45, 2.75) is 96.8 Å². The molecule has 2 unspecified atom stereocenters. The molecule has 1 N–H and O–H groups in total. The molecule has 1 fully saturated rings. The van der Waals surface area contributed by atoms with Gasteiger partial charge in [-0.25, -0.2) is 15.3 Å². The van der Waals surface area contributed by atoms with Crippen molar-refractivity contribution in [2.24, 2.45) is 10.9 Å². The van der Waals surface area contributed by atoms with E-state index in [0.717, 1.165) is 15.7 Å². The first-order chi connectivity index (χ1) is 17.6. The average molecular weight is 606 g/mol. The monoisotopic (exact) mass is 604 g/mol. The van der Waals surface area contributed by atoms with Gasteiger partial charge in [-0.2, -0.15) is 0 Å². The number of carbonyl (C=O) groups is 1. The van der Waals surface area contributed by atoms with E-state index in [9.17, 15) is 4.79 Å². The number of amidine groups is 1. The minimum Gasteiger partial charge on any atom is -0.412 e.